The lowest BCUT2D eigenvalue weighted by molar-refractivity contribution is -0.124. The average molecular weight is 407 g/mol. The van der Waals surface area contributed by atoms with Crippen molar-refractivity contribution in [1.82, 2.24) is 20.1 Å². The average Bonchev–Trinajstić information content (AvgIpc) is 3.04. The quantitative estimate of drug-likeness (QED) is 0.825. The predicted molar refractivity (Wildman–Crippen MR) is 112 cm³/mol. The van der Waals surface area contributed by atoms with Crippen molar-refractivity contribution in [1.29, 1.82) is 0 Å². The van der Waals surface area contributed by atoms with Crippen molar-refractivity contribution in [2.75, 3.05) is 32.7 Å². The summed E-state index contributed by atoms with van der Waals surface area (Å²) in [5, 5.41) is 6.99. The molecule has 0 spiro atoms. The molecule has 5 nitrogen and oxygen atoms in total. The molecule has 1 aliphatic rings. The van der Waals surface area contributed by atoms with Gasteiger partial charge in [0.1, 0.15) is 5.01 Å². The van der Waals surface area contributed by atoms with Gasteiger partial charge in [0.2, 0.25) is 5.91 Å². The van der Waals surface area contributed by atoms with Gasteiger partial charge in [0.15, 0.2) is 0 Å². The van der Waals surface area contributed by atoms with Gasteiger partial charge in [-0.15, -0.1) is 11.3 Å². The van der Waals surface area contributed by atoms with Crippen LogP contribution in [0.25, 0.3) is 11.3 Å². The number of halogens is 1. The molecule has 7 heteroatoms. The summed E-state index contributed by atoms with van der Waals surface area (Å²) < 4.78 is 0. The van der Waals surface area contributed by atoms with E-state index in [0.717, 1.165) is 54.0 Å². The van der Waals surface area contributed by atoms with Crippen molar-refractivity contribution in [3.8, 4) is 11.3 Å². The van der Waals surface area contributed by atoms with E-state index in [4.69, 9.17) is 16.6 Å². The van der Waals surface area contributed by atoms with E-state index in [1.165, 1.54) is 0 Å². The molecule has 0 atom stereocenters. The molecule has 1 fully saturated rings. The van der Waals surface area contributed by atoms with E-state index in [0.29, 0.717) is 6.54 Å². The van der Waals surface area contributed by atoms with Gasteiger partial charge >= 0.3 is 0 Å². The second-order valence-electron chi connectivity index (χ2n) is 7.98. The van der Waals surface area contributed by atoms with Crippen LogP contribution in [-0.2, 0) is 11.3 Å². The first-order valence-corrected chi connectivity index (χ1v) is 10.5. The van der Waals surface area contributed by atoms with Crippen LogP contribution in [0.2, 0.25) is 5.02 Å². The normalized spacial score (nSPS) is 16.4. The van der Waals surface area contributed by atoms with E-state index < -0.39 is 0 Å². The van der Waals surface area contributed by atoms with Gasteiger partial charge in [0.25, 0.3) is 0 Å². The molecule has 1 amide bonds. The molecule has 146 valence electrons. The molecular weight excluding hydrogens is 380 g/mol. The largest absolute Gasteiger partial charge is 0.350 e. The highest BCUT2D eigenvalue weighted by molar-refractivity contribution is 7.09. The fourth-order valence-electron chi connectivity index (χ4n) is 3.09. The Morgan fingerprint density at radius 1 is 1.15 bits per heavy atom. The molecule has 2 heterocycles. The van der Waals surface area contributed by atoms with Crippen LogP contribution in [0.3, 0.4) is 0 Å². The zero-order valence-electron chi connectivity index (χ0n) is 16.2. The number of amides is 1. The summed E-state index contributed by atoms with van der Waals surface area (Å²) in [6, 6.07) is 7.79. The molecule has 1 aromatic carbocycles. The van der Waals surface area contributed by atoms with E-state index in [1.54, 1.807) is 11.3 Å². The van der Waals surface area contributed by atoms with Gasteiger partial charge in [-0.05, 0) is 32.9 Å². The third-order valence-electron chi connectivity index (χ3n) is 4.40. The van der Waals surface area contributed by atoms with Crippen molar-refractivity contribution < 1.29 is 4.79 Å². The van der Waals surface area contributed by atoms with Crippen molar-refractivity contribution in [3.63, 3.8) is 0 Å². The number of carbonyl (C=O) groups is 1. The van der Waals surface area contributed by atoms with E-state index in [2.05, 4.69) is 20.5 Å². The van der Waals surface area contributed by atoms with Crippen molar-refractivity contribution in [2.45, 2.75) is 32.9 Å². The Bertz CT molecular complexity index is 761. The number of rotatable bonds is 5. The van der Waals surface area contributed by atoms with Gasteiger partial charge < -0.3 is 5.32 Å². The number of nitrogens with zero attached hydrogens (tertiary/aromatic N) is 3. The van der Waals surface area contributed by atoms with Gasteiger partial charge in [-0.1, -0.05) is 23.7 Å². The number of aromatic nitrogens is 1. The molecule has 1 aliphatic heterocycles. The molecule has 1 N–H and O–H groups in total. The first kappa shape index (κ1) is 20.3. The van der Waals surface area contributed by atoms with Gasteiger partial charge in [-0.25, -0.2) is 4.98 Å². The standard InChI is InChI=1S/C20H27ClN4OS/c1-20(2,3)23-18(26)12-24-8-10-25(11-9-24)13-19-22-17(14-27-19)15-4-6-16(21)7-5-15/h4-7,14H,8-13H2,1-3H3,(H,23,26). The van der Waals surface area contributed by atoms with Gasteiger partial charge in [0.05, 0.1) is 18.8 Å². The fraction of sp³-hybridized carbons (Fsp3) is 0.500. The van der Waals surface area contributed by atoms with Crippen molar-refractivity contribution >= 4 is 28.8 Å². The number of hydrogen-bond donors (Lipinski definition) is 1. The zero-order valence-corrected chi connectivity index (χ0v) is 17.7. The Labute approximate surface area is 170 Å². The summed E-state index contributed by atoms with van der Waals surface area (Å²) in [4.78, 5) is 21.5. The highest BCUT2D eigenvalue weighted by Crippen LogP contribution is 2.24. The molecule has 1 aromatic heterocycles. The van der Waals surface area contributed by atoms with Crippen molar-refractivity contribution in [2.24, 2.45) is 0 Å². The summed E-state index contributed by atoms with van der Waals surface area (Å²) in [5.74, 6) is 0.100. The lowest BCUT2D eigenvalue weighted by atomic mass is 10.1. The van der Waals surface area contributed by atoms with Crippen LogP contribution in [0.1, 0.15) is 25.8 Å². The number of hydrogen-bond acceptors (Lipinski definition) is 5. The lowest BCUT2D eigenvalue weighted by Gasteiger charge is -2.34. The Balaban J connectivity index is 1.47. The van der Waals surface area contributed by atoms with Gasteiger partial charge in [-0.2, -0.15) is 0 Å². The Kier molecular flexibility index (Phi) is 6.52. The number of nitrogens with one attached hydrogen (secondary N) is 1. The van der Waals surface area contributed by atoms with Gasteiger partial charge in [0, 0.05) is 47.7 Å². The first-order valence-electron chi connectivity index (χ1n) is 9.24. The molecule has 0 bridgehead atoms. The SMILES string of the molecule is CC(C)(C)NC(=O)CN1CCN(Cc2nc(-c3ccc(Cl)cc3)cs2)CC1. The molecule has 0 aliphatic carbocycles. The minimum atomic E-state index is -0.175. The van der Waals surface area contributed by atoms with Crippen LogP contribution in [0, 0.1) is 0 Å². The monoisotopic (exact) mass is 406 g/mol. The fourth-order valence-corrected chi connectivity index (χ4v) is 4.07. The van der Waals surface area contributed by atoms with E-state index in [9.17, 15) is 4.79 Å². The third-order valence-corrected chi connectivity index (χ3v) is 5.48. The molecule has 1 saturated heterocycles. The summed E-state index contributed by atoms with van der Waals surface area (Å²) in [5.41, 5.74) is 1.92. The summed E-state index contributed by atoms with van der Waals surface area (Å²) in [7, 11) is 0. The summed E-state index contributed by atoms with van der Waals surface area (Å²) in [6.07, 6.45) is 0. The van der Waals surface area contributed by atoms with E-state index in [1.807, 2.05) is 45.0 Å². The Hall–Kier alpha value is -1.47. The van der Waals surface area contributed by atoms with Crippen LogP contribution in [0.15, 0.2) is 29.6 Å². The number of thiazole rings is 1. The first-order chi connectivity index (χ1) is 12.8. The molecule has 0 radical (unpaired) electrons. The topological polar surface area (TPSA) is 48.5 Å². The maximum atomic E-state index is 12.1. The zero-order chi connectivity index (χ0) is 19.4. The van der Waals surface area contributed by atoms with Crippen LogP contribution < -0.4 is 5.32 Å². The molecule has 3 rings (SSSR count). The number of benzene rings is 1. The maximum absolute atomic E-state index is 12.1. The Morgan fingerprint density at radius 3 is 2.41 bits per heavy atom. The second-order valence-corrected chi connectivity index (χ2v) is 9.36. The highest BCUT2D eigenvalue weighted by Gasteiger charge is 2.21. The highest BCUT2D eigenvalue weighted by atomic mass is 35.5. The Morgan fingerprint density at radius 2 is 1.78 bits per heavy atom. The minimum Gasteiger partial charge on any atom is -0.350 e. The van der Waals surface area contributed by atoms with E-state index >= 15 is 0 Å². The van der Waals surface area contributed by atoms with Crippen LogP contribution in [0.5, 0.6) is 0 Å². The molecule has 0 saturated carbocycles. The van der Waals surface area contributed by atoms with Crippen LogP contribution in [-0.4, -0.2) is 59.0 Å². The smallest absolute Gasteiger partial charge is 0.234 e. The van der Waals surface area contributed by atoms with Crippen LogP contribution >= 0.6 is 22.9 Å². The van der Waals surface area contributed by atoms with Crippen molar-refractivity contribution in [3.05, 3.63) is 39.7 Å². The molecular formula is C20H27ClN4OS. The summed E-state index contributed by atoms with van der Waals surface area (Å²) >= 11 is 7.65. The van der Waals surface area contributed by atoms with Gasteiger partial charge in [-0.3, -0.25) is 14.6 Å². The predicted octanol–water partition coefficient (Wildman–Crippen LogP) is 3.50. The lowest BCUT2D eigenvalue weighted by Crippen LogP contribution is -2.51. The maximum Gasteiger partial charge on any atom is 0.234 e. The van der Waals surface area contributed by atoms with Crippen LogP contribution in [0.4, 0.5) is 0 Å². The number of piperazine rings is 1. The third kappa shape index (κ3) is 6.28. The summed E-state index contributed by atoms with van der Waals surface area (Å²) in [6.45, 7) is 11.1. The minimum absolute atomic E-state index is 0.100. The second kappa shape index (κ2) is 8.69. The number of carbonyl (C=O) groups excluding carboxylic acids is 1. The molecule has 2 aromatic rings. The van der Waals surface area contributed by atoms with E-state index in [-0.39, 0.29) is 11.4 Å². The molecule has 27 heavy (non-hydrogen) atoms. The molecule has 0 unspecified atom stereocenters.